The molecule has 0 unspecified atom stereocenters. The Hall–Kier alpha value is -2.15. The Labute approximate surface area is 115 Å². The summed E-state index contributed by atoms with van der Waals surface area (Å²) in [5.41, 5.74) is 0.721. The van der Waals surface area contributed by atoms with Crippen LogP contribution in [0.5, 0.6) is 0 Å². The van der Waals surface area contributed by atoms with E-state index in [1.54, 1.807) is 19.2 Å². The lowest BCUT2D eigenvalue weighted by atomic mass is 10.3. The van der Waals surface area contributed by atoms with Gasteiger partial charge in [-0.05, 0) is 36.4 Å². The van der Waals surface area contributed by atoms with Crippen LogP contribution in [-0.4, -0.2) is 15.5 Å². The zero-order chi connectivity index (χ0) is 14.8. The average Bonchev–Trinajstić information content (AvgIpc) is 2.43. The van der Waals surface area contributed by atoms with Gasteiger partial charge in [0.1, 0.15) is 0 Å². The molecule has 0 saturated heterocycles. The second-order valence-corrected chi connectivity index (χ2v) is 5.69. The summed E-state index contributed by atoms with van der Waals surface area (Å²) in [4.78, 5) is 0.0289. The Morgan fingerprint density at radius 2 is 1.50 bits per heavy atom. The van der Waals surface area contributed by atoms with Crippen molar-refractivity contribution >= 4 is 21.4 Å². The molecule has 2 aromatic carbocycles. The minimum absolute atomic E-state index is 0.0289. The third-order valence-electron chi connectivity index (χ3n) is 2.63. The lowest BCUT2D eigenvalue weighted by molar-refractivity contribution is 0.509. The van der Waals surface area contributed by atoms with Crippen LogP contribution in [0.2, 0.25) is 0 Å². The zero-order valence-electron chi connectivity index (χ0n) is 10.5. The summed E-state index contributed by atoms with van der Waals surface area (Å²) < 4.78 is 52.1. The molecule has 0 aromatic heterocycles. The van der Waals surface area contributed by atoms with Gasteiger partial charge < -0.3 is 5.32 Å². The summed E-state index contributed by atoms with van der Waals surface area (Å²) in [6.45, 7) is 0. The first-order chi connectivity index (χ1) is 9.42. The fourth-order valence-electron chi connectivity index (χ4n) is 1.57. The molecule has 2 aromatic rings. The van der Waals surface area contributed by atoms with E-state index in [9.17, 15) is 17.2 Å². The first-order valence-corrected chi connectivity index (χ1v) is 7.16. The van der Waals surface area contributed by atoms with E-state index in [2.05, 4.69) is 10.0 Å². The summed E-state index contributed by atoms with van der Waals surface area (Å²) in [5, 5.41) is 2.86. The minimum Gasteiger partial charge on any atom is -0.388 e. The Morgan fingerprint density at radius 1 is 0.900 bits per heavy atom. The molecular formula is C13H12F2N2O2S. The second-order valence-electron chi connectivity index (χ2n) is 4.01. The van der Waals surface area contributed by atoms with Gasteiger partial charge in [-0.3, -0.25) is 4.72 Å². The van der Waals surface area contributed by atoms with Crippen LogP contribution in [0.4, 0.5) is 20.2 Å². The highest BCUT2D eigenvalue weighted by atomic mass is 32.2. The number of nitrogens with one attached hydrogen (secondary N) is 2. The molecule has 0 saturated carbocycles. The predicted octanol–water partition coefficient (Wildman–Crippen LogP) is 2.81. The highest BCUT2D eigenvalue weighted by Gasteiger charge is 2.15. The largest absolute Gasteiger partial charge is 0.388 e. The Balaban J connectivity index is 2.27. The summed E-state index contributed by atoms with van der Waals surface area (Å²) in [5.74, 6) is -2.15. The van der Waals surface area contributed by atoms with Crippen molar-refractivity contribution in [2.75, 3.05) is 17.1 Å². The lowest BCUT2D eigenvalue weighted by Gasteiger charge is -2.09. The van der Waals surface area contributed by atoms with Crippen molar-refractivity contribution in [1.29, 1.82) is 0 Å². The van der Waals surface area contributed by atoms with E-state index < -0.39 is 21.7 Å². The van der Waals surface area contributed by atoms with Crippen LogP contribution in [0.3, 0.4) is 0 Å². The van der Waals surface area contributed by atoms with Gasteiger partial charge in [-0.15, -0.1) is 0 Å². The fourth-order valence-corrected chi connectivity index (χ4v) is 2.62. The molecule has 4 nitrogen and oxygen atoms in total. The van der Waals surface area contributed by atoms with Gasteiger partial charge in [0.25, 0.3) is 10.0 Å². The second kappa shape index (κ2) is 5.46. The van der Waals surface area contributed by atoms with Crippen molar-refractivity contribution in [1.82, 2.24) is 0 Å². The summed E-state index contributed by atoms with van der Waals surface area (Å²) >= 11 is 0. The average molecular weight is 298 g/mol. The maximum absolute atomic E-state index is 13.0. The number of halogens is 2. The van der Waals surface area contributed by atoms with E-state index in [-0.39, 0.29) is 10.6 Å². The number of hydrogen-bond donors (Lipinski definition) is 2. The number of benzene rings is 2. The smallest absolute Gasteiger partial charge is 0.261 e. The zero-order valence-corrected chi connectivity index (χ0v) is 11.3. The molecule has 0 aliphatic rings. The molecule has 0 radical (unpaired) electrons. The van der Waals surface area contributed by atoms with Gasteiger partial charge >= 0.3 is 0 Å². The van der Waals surface area contributed by atoms with Crippen molar-refractivity contribution in [2.24, 2.45) is 0 Å². The Bertz CT molecular complexity index is 716. The van der Waals surface area contributed by atoms with Crippen LogP contribution >= 0.6 is 0 Å². The standard InChI is InChI=1S/C13H12F2N2O2S/c1-16-9-2-5-11(6-3-9)20(18,19)17-10-4-7-12(14)13(15)8-10/h2-8,16-17H,1H3. The molecule has 7 heteroatoms. The van der Waals surface area contributed by atoms with E-state index in [4.69, 9.17) is 0 Å². The third-order valence-corrected chi connectivity index (χ3v) is 4.02. The SMILES string of the molecule is CNc1ccc(S(=O)(=O)Nc2ccc(F)c(F)c2)cc1. The molecular weight excluding hydrogens is 286 g/mol. The molecule has 20 heavy (non-hydrogen) atoms. The summed E-state index contributed by atoms with van der Waals surface area (Å²) in [6.07, 6.45) is 0. The van der Waals surface area contributed by atoms with E-state index in [1.165, 1.54) is 12.1 Å². The van der Waals surface area contributed by atoms with Crippen LogP contribution in [-0.2, 0) is 10.0 Å². The van der Waals surface area contributed by atoms with E-state index in [0.29, 0.717) is 0 Å². The van der Waals surface area contributed by atoms with Crippen molar-refractivity contribution in [3.8, 4) is 0 Å². The first kappa shape index (κ1) is 14.3. The van der Waals surface area contributed by atoms with Gasteiger partial charge in [-0.2, -0.15) is 0 Å². The highest BCUT2D eigenvalue weighted by Crippen LogP contribution is 2.19. The fraction of sp³-hybridized carbons (Fsp3) is 0.0769. The van der Waals surface area contributed by atoms with E-state index >= 15 is 0 Å². The quantitative estimate of drug-likeness (QED) is 0.912. The maximum Gasteiger partial charge on any atom is 0.261 e. The van der Waals surface area contributed by atoms with Crippen LogP contribution in [0.25, 0.3) is 0 Å². The Morgan fingerprint density at radius 3 is 2.05 bits per heavy atom. The van der Waals surface area contributed by atoms with Crippen LogP contribution in [0.1, 0.15) is 0 Å². The highest BCUT2D eigenvalue weighted by molar-refractivity contribution is 7.92. The summed E-state index contributed by atoms with van der Waals surface area (Å²) in [7, 11) is -2.12. The molecule has 2 N–H and O–H groups in total. The van der Waals surface area contributed by atoms with Crippen LogP contribution < -0.4 is 10.0 Å². The molecule has 2 rings (SSSR count). The molecule has 0 aliphatic carbocycles. The molecule has 0 heterocycles. The van der Waals surface area contributed by atoms with Gasteiger partial charge in [0.2, 0.25) is 0 Å². The first-order valence-electron chi connectivity index (χ1n) is 5.68. The van der Waals surface area contributed by atoms with Gasteiger partial charge in [-0.1, -0.05) is 0 Å². The van der Waals surface area contributed by atoms with Crippen LogP contribution in [0.15, 0.2) is 47.4 Å². The molecule has 0 fully saturated rings. The summed E-state index contributed by atoms with van der Waals surface area (Å²) in [6, 6.07) is 8.81. The minimum atomic E-state index is -3.83. The molecule has 0 atom stereocenters. The molecule has 0 amide bonds. The van der Waals surface area contributed by atoms with E-state index in [1.807, 2.05) is 0 Å². The number of rotatable bonds is 4. The van der Waals surface area contributed by atoms with Gasteiger partial charge in [-0.25, -0.2) is 17.2 Å². The van der Waals surface area contributed by atoms with E-state index in [0.717, 1.165) is 23.9 Å². The molecule has 0 spiro atoms. The number of sulfonamides is 1. The number of anilines is 2. The predicted molar refractivity (Wildman–Crippen MR) is 73.2 cm³/mol. The molecule has 0 bridgehead atoms. The Kier molecular flexibility index (Phi) is 3.89. The topological polar surface area (TPSA) is 58.2 Å². The van der Waals surface area contributed by atoms with Gasteiger partial charge in [0, 0.05) is 18.8 Å². The molecule has 0 aliphatic heterocycles. The molecule has 106 valence electrons. The monoisotopic (exact) mass is 298 g/mol. The van der Waals surface area contributed by atoms with Gasteiger partial charge in [0.05, 0.1) is 10.6 Å². The van der Waals surface area contributed by atoms with Crippen molar-refractivity contribution < 1.29 is 17.2 Å². The van der Waals surface area contributed by atoms with Crippen LogP contribution in [0, 0.1) is 11.6 Å². The van der Waals surface area contributed by atoms with Crippen molar-refractivity contribution in [2.45, 2.75) is 4.90 Å². The normalized spacial score (nSPS) is 11.2. The van der Waals surface area contributed by atoms with Crippen molar-refractivity contribution in [3.05, 3.63) is 54.1 Å². The van der Waals surface area contributed by atoms with Gasteiger partial charge in [0.15, 0.2) is 11.6 Å². The number of hydrogen-bond acceptors (Lipinski definition) is 3. The maximum atomic E-state index is 13.0. The lowest BCUT2D eigenvalue weighted by Crippen LogP contribution is -2.13. The van der Waals surface area contributed by atoms with Crippen molar-refractivity contribution in [3.63, 3.8) is 0 Å². The third kappa shape index (κ3) is 3.05.